The van der Waals surface area contributed by atoms with Gasteiger partial charge in [0.15, 0.2) is 5.96 Å². The lowest BCUT2D eigenvalue weighted by Gasteiger charge is -2.25. The zero-order valence-corrected chi connectivity index (χ0v) is 10.6. The minimum Gasteiger partial charge on any atom is -0.406 e. The van der Waals surface area contributed by atoms with Crippen LogP contribution in [-0.4, -0.2) is 30.3 Å². The van der Waals surface area contributed by atoms with Crippen molar-refractivity contribution >= 4 is 5.96 Å². The Hall–Kier alpha value is -2.18. The lowest BCUT2D eigenvalue weighted by Crippen LogP contribution is -2.36. The zero-order chi connectivity index (χ0) is 14.8. The second-order valence-electron chi connectivity index (χ2n) is 4.27. The monoisotopic (exact) mass is 285 g/mol. The van der Waals surface area contributed by atoms with Crippen LogP contribution in [0.1, 0.15) is 11.6 Å². The summed E-state index contributed by atoms with van der Waals surface area (Å²) in [7, 11) is 0. The minimum atomic E-state index is -4.68. The van der Waals surface area contributed by atoms with Gasteiger partial charge in [-0.15, -0.1) is 19.8 Å². The van der Waals surface area contributed by atoms with Crippen molar-refractivity contribution in [1.29, 1.82) is 0 Å². The van der Waals surface area contributed by atoms with Gasteiger partial charge in [0.1, 0.15) is 5.75 Å². The molecule has 0 saturated heterocycles. The van der Waals surface area contributed by atoms with Gasteiger partial charge >= 0.3 is 6.36 Å². The van der Waals surface area contributed by atoms with E-state index >= 15 is 0 Å². The van der Waals surface area contributed by atoms with E-state index in [0.29, 0.717) is 19.0 Å². The molecule has 4 nitrogen and oxygen atoms in total. The lowest BCUT2D eigenvalue weighted by atomic mass is 10.1. The Morgan fingerprint density at radius 2 is 2.05 bits per heavy atom. The van der Waals surface area contributed by atoms with E-state index in [-0.39, 0.29) is 11.8 Å². The Labute approximate surface area is 114 Å². The van der Waals surface area contributed by atoms with Crippen molar-refractivity contribution in [2.45, 2.75) is 12.4 Å². The van der Waals surface area contributed by atoms with Gasteiger partial charge in [-0.25, -0.2) is 0 Å². The highest BCUT2D eigenvalue weighted by atomic mass is 19.4. The number of benzene rings is 1. The number of rotatable bonds is 4. The Morgan fingerprint density at radius 1 is 1.40 bits per heavy atom. The third-order valence-corrected chi connectivity index (χ3v) is 2.92. The van der Waals surface area contributed by atoms with Crippen molar-refractivity contribution in [3.05, 3.63) is 42.5 Å². The molecule has 0 aromatic heterocycles. The molecule has 2 N–H and O–H groups in total. The molecular formula is C13H14F3N3O. The Bertz CT molecular complexity index is 511. The third-order valence-electron chi connectivity index (χ3n) is 2.92. The summed E-state index contributed by atoms with van der Waals surface area (Å²) in [5, 5.41) is 0. The first-order valence-corrected chi connectivity index (χ1v) is 5.94. The van der Waals surface area contributed by atoms with E-state index in [1.54, 1.807) is 18.2 Å². The van der Waals surface area contributed by atoms with Gasteiger partial charge in [0.25, 0.3) is 0 Å². The fraction of sp³-hybridized carbons (Fsp3) is 0.308. The summed E-state index contributed by atoms with van der Waals surface area (Å²) in [5.74, 6) is 0.161. The Kier molecular flexibility index (Phi) is 3.87. The highest BCUT2D eigenvalue weighted by Gasteiger charge is 2.31. The predicted molar refractivity (Wildman–Crippen MR) is 69.3 cm³/mol. The van der Waals surface area contributed by atoms with Gasteiger partial charge in [-0.1, -0.05) is 18.2 Å². The van der Waals surface area contributed by atoms with Gasteiger partial charge in [0, 0.05) is 6.54 Å². The van der Waals surface area contributed by atoms with Crippen molar-refractivity contribution in [2.75, 3.05) is 13.1 Å². The van der Waals surface area contributed by atoms with Crippen LogP contribution in [0, 0.1) is 0 Å². The highest BCUT2D eigenvalue weighted by Crippen LogP contribution is 2.28. The molecule has 2 rings (SSSR count). The number of ether oxygens (including phenoxy) is 1. The highest BCUT2D eigenvalue weighted by molar-refractivity contribution is 5.80. The van der Waals surface area contributed by atoms with Crippen molar-refractivity contribution in [3.8, 4) is 5.75 Å². The second kappa shape index (κ2) is 5.44. The molecule has 1 unspecified atom stereocenters. The zero-order valence-electron chi connectivity index (χ0n) is 10.6. The van der Waals surface area contributed by atoms with Crippen molar-refractivity contribution in [3.63, 3.8) is 0 Å². The molecule has 1 heterocycles. The first kappa shape index (κ1) is 14.2. The normalized spacial score (nSPS) is 18.9. The molecule has 0 saturated carbocycles. The number of halogens is 3. The fourth-order valence-electron chi connectivity index (χ4n) is 2.07. The SMILES string of the molecule is C=CCN1C(N)=NCC1c1ccc(OC(F)(F)F)cc1. The van der Waals surface area contributed by atoms with Crippen LogP contribution in [-0.2, 0) is 0 Å². The van der Waals surface area contributed by atoms with Gasteiger partial charge in [0.2, 0.25) is 0 Å². The van der Waals surface area contributed by atoms with Crippen molar-refractivity contribution in [2.24, 2.45) is 10.7 Å². The van der Waals surface area contributed by atoms with Gasteiger partial charge in [-0.05, 0) is 17.7 Å². The van der Waals surface area contributed by atoms with Crippen LogP contribution in [0.25, 0.3) is 0 Å². The molecule has 1 aromatic rings. The van der Waals surface area contributed by atoms with E-state index in [1.165, 1.54) is 12.1 Å². The number of guanidine groups is 1. The number of hydrogen-bond donors (Lipinski definition) is 1. The molecule has 0 radical (unpaired) electrons. The minimum absolute atomic E-state index is 0.0899. The molecule has 0 fully saturated rings. The molecule has 1 atom stereocenters. The number of hydrogen-bond acceptors (Lipinski definition) is 4. The molecule has 1 aromatic carbocycles. The van der Waals surface area contributed by atoms with E-state index in [1.807, 2.05) is 4.90 Å². The summed E-state index contributed by atoms with van der Waals surface area (Å²) < 4.78 is 40.1. The molecule has 0 bridgehead atoms. The van der Waals surface area contributed by atoms with Crippen LogP contribution in [0.3, 0.4) is 0 Å². The molecule has 1 aliphatic rings. The third kappa shape index (κ3) is 3.23. The molecule has 0 spiro atoms. The number of nitrogens with zero attached hydrogens (tertiary/aromatic N) is 2. The summed E-state index contributed by atoms with van der Waals surface area (Å²) in [6.45, 7) is 4.64. The maximum atomic E-state index is 12.1. The number of alkyl halides is 3. The quantitative estimate of drug-likeness (QED) is 0.864. The Balaban J connectivity index is 2.12. The smallest absolute Gasteiger partial charge is 0.406 e. The van der Waals surface area contributed by atoms with E-state index in [2.05, 4.69) is 16.3 Å². The molecule has 0 amide bonds. The first-order valence-electron chi connectivity index (χ1n) is 5.94. The predicted octanol–water partition coefficient (Wildman–Crippen LogP) is 2.44. The summed E-state index contributed by atoms with van der Waals surface area (Å²) in [6, 6.07) is 5.63. The average molecular weight is 285 g/mol. The van der Waals surface area contributed by atoms with E-state index in [4.69, 9.17) is 5.73 Å². The fourth-order valence-corrected chi connectivity index (χ4v) is 2.07. The van der Waals surface area contributed by atoms with Gasteiger partial charge < -0.3 is 15.4 Å². The molecule has 7 heteroatoms. The topological polar surface area (TPSA) is 50.8 Å². The molecule has 20 heavy (non-hydrogen) atoms. The van der Waals surface area contributed by atoms with Gasteiger partial charge in [0.05, 0.1) is 12.6 Å². The van der Waals surface area contributed by atoms with E-state index < -0.39 is 6.36 Å². The van der Waals surface area contributed by atoms with E-state index in [9.17, 15) is 13.2 Å². The molecule has 1 aliphatic heterocycles. The molecule has 0 aliphatic carbocycles. The molecular weight excluding hydrogens is 271 g/mol. The summed E-state index contributed by atoms with van der Waals surface area (Å²) >= 11 is 0. The van der Waals surface area contributed by atoms with Gasteiger partial charge in [-0.3, -0.25) is 4.99 Å². The van der Waals surface area contributed by atoms with Crippen molar-refractivity contribution < 1.29 is 17.9 Å². The summed E-state index contributed by atoms with van der Waals surface area (Å²) in [5.41, 5.74) is 6.59. The van der Waals surface area contributed by atoms with Crippen LogP contribution >= 0.6 is 0 Å². The van der Waals surface area contributed by atoms with E-state index in [0.717, 1.165) is 5.56 Å². The largest absolute Gasteiger partial charge is 0.573 e. The van der Waals surface area contributed by atoms with Crippen LogP contribution in [0.5, 0.6) is 5.75 Å². The standard InChI is InChI=1S/C13H14F3N3O/c1-2-7-19-11(8-18-12(19)17)9-3-5-10(6-4-9)20-13(14,15)16/h2-6,11H,1,7-8H2,(H2,17,18). The van der Waals surface area contributed by atoms with Crippen molar-refractivity contribution in [1.82, 2.24) is 4.90 Å². The maximum Gasteiger partial charge on any atom is 0.573 e. The van der Waals surface area contributed by atoms with Crippen LogP contribution in [0.2, 0.25) is 0 Å². The van der Waals surface area contributed by atoms with Crippen LogP contribution in [0.15, 0.2) is 41.9 Å². The maximum absolute atomic E-state index is 12.1. The first-order chi connectivity index (χ1) is 9.40. The Morgan fingerprint density at radius 3 is 2.60 bits per heavy atom. The summed E-state index contributed by atoms with van der Waals surface area (Å²) in [6.07, 6.45) is -2.99. The molecule has 108 valence electrons. The number of nitrogens with two attached hydrogens (primary N) is 1. The summed E-state index contributed by atoms with van der Waals surface area (Å²) in [4.78, 5) is 5.98. The number of aliphatic imine (C=N–C) groups is 1. The average Bonchev–Trinajstić information content (AvgIpc) is 2.71. The lowest BCUT2D eigenvalue weighted by molar-refractivity contribution is -0.274. The van der Waals surface area contributed by atoms with Gasteiger partial charge in [-0.2, -0.15) is 0 Å². The van der Waals surface area contributed by atoms with Crippen LogP contribution in [0.4, 0.5) is 13.2 Å². The van der Waals surface area contributed by atoms with Crippen LogP contribution < -0.4 is 10.5 Å². The second-order valence-corrected chi connectivity index (χ2v) is 4.27.